The van der Waals surface area contributed by atoms with E-state index in [1.807, 2.05) is 36.4 Å². The minimum absolute atomic E-state index is 0. The molecule has 7 heteroatoms. The Morgan fingerprint density at radius 3 is 2.28 bits per heavy atom. The van der Waals surface area contributed by atoms with Crippen molar-refractivity contribution in [3.63, 3.8) is 0 Å². The average molecular weight is 415 g/mol. The molecule has 0 aliphatic carbocycles. The van der Waals surface area contributed by atoms with Gasteiger partial charge in [-0.15, -0.1) is 12.4 Å². The predicted molar refractivity (Wildman–Crippen MR) is 117 cm³/mol. The Kier molecular flexibility index (Phi) is 7.82. The van der Waals surface area contributed by atoms with Crippen molar-refractivity contribution in [3.05, 3.63) is 77.6 Å². The molecule has 1 amide bonds. The average Bonchev–Trinajstić information content (AvgIpc) is 3.22. The van der Waals surface area contributed by atoms with Crippen LogP contribution in [0.1, 0.15) is 47.4 Å². The summed E-state index contributed by atoms with van der Waals surface area (Å²) in [6, 6.07) is 17.1. The van der Waals surface area contributed by atoms with Crippen molar-refractivity contribution in [1.29, 1.82) is 0 Å². The van der Waals surface area contributed by atoms with Gasteiger partial charge < -0.3 is 15.8 Å². The van der Waals surface area contributed by atoms with Crippen LogP contribution in [0.2, 0.25) is 0 Å². The molecule has 6 nitrogen and oxygen atoms in total. The molecule has 0 saturated carbocycles. The summed E-state index contributed by atoms with van der Waals surface area (Å²) in [4.78, 5) is 12.4. The highest BCUT2D eigenvalue weighted by molar-refractivity contribution is 5.92. The summed E-state index contributed by atoms with van der Waals surface area (Å²) in [5.74, 6) is 0.997. The topological polar surface area (TPSA) is 82.2 Å². The van der Waals surface area contributed by atoms with Gasteiger partial charge in [-0.3, -0.25) is 4.79 Å². The SMILES string of the molecule is COc1ccc(-n2ccc(C(=O)NCC(N)c3ccc(C(C)C)cc3)n2)cc1.Cl. The number of ether oxygens (including phenoxy) is 1. The van der Waals surface area contributed by atoms with Crippen LogP contribution in [0, 0.1) is 0 Å². The molecular formula is C22H27ClN4O2. The maximum atomic E-state index is 12.4. The van der Waals surface area contributed by atoms with E-state index in [0.717, 1.165) is 17.0 Å². The lowest BCUT2D eigenvalue weighted by molar-refractivity contribution is 0.0946. The molecule has 1 heterocycles. The number of hydrogen-bond acceptors (Lipinski definition) is 4. The normalized spacial score (nSPS) is 11.6. The fourth-order valence-electron chi connectivity index (χ4n) is 2.86. The van der Waals surface area contributed by atoms with E-state index in [0.29, 0.717) is 18.2 Å². The highest BCUT2D eigenvalue weighted by Crippen LogP contribution is 2.18. The molecule has 3 aromatic rings. The quantitative estimate of drug-likeness (QED) is 0.615. The number of methoxy groups -OCH3 is 1. The molecule has 29 heavy (non-hydrogen) atoms. The van der Waals surface area contributed by atoms with Crippen LogP contribution in [0.4, 0.5) is 0 Å². The first kappa shape index (κ1) is 22.5. The van der Waals surface area contributed by atoms with Gasteiger partial charge in [-0.2, -0.15) is 5.10 Å². The number of amides is 1. The number of carbonyl (C=O) groups excluding carboxylic acids is 1. The molecule has 0 radical (unpaired) electrons. The van der Waals surface area contributed by atoms with Gasteiger partial charge in [-0.05, 0) is 47.4 Å². The van der Waals surface area contributed by atoms with Crippen LogP contribution in [0.15, 0.2) is 60.8 Å². The third kappa shape index (κ3) is 5.59. The number of benzene rings is 2. The maximum absolute atomic E-state index is 12.4. The second-order valence-corrected chi connectivity index (χ2v) is 6.98. The van der Waals surface area contributed by atoms with E-state index in [1.165, 1.54) is 5.56 Å². The third-order valence-electron chi connectivity index (χ3n) is 4.67. The molecule has 0 bridgehead atoms. The molecular weight excluding hydrogens is 388 g/mol. The third-order valence-corrected chi connectivity index (χ3v) is 4.67. The zero-order chi connectivity index (χ0) is 20.1. The second-order valence-electron chi connectivity index (χ2n) is 6.98. The second kappa shape index (κ2) is 10.1. The molecule has 0 saturated heterocycles. The number of nitrogens with one attached hydrogen (secondary N) is 1. The van der Waals surface area contributed by atoms with Gasteiger partial charge in [0.15, 0.2) is 5.69 Å². The number of hydrogen-bond donors (Lipinski definition) is 2. The summed E-state index contributed by atoms with van der Waals surface area (Å²) in [7, 11) is 1.62. The Hall–Kier alpha value is -2.83. The lowest BCUT2D eigenvalue weighted by Crippen LogP contribution is -2.32. The van der Waals surface area contributed by atoms with Gasteiger partial charge in [0.2, 0.25) is 0 Å². The minimum Gasteiger partial charge on any atom is -0.497 e. The number of nitrogens with two attached hydrogens (primary N) is 1. The van der Waals surface area contributed by atoms with Crippen LogP contribution in [0.3, 0.4) is 0 Å². The van der Waals surface area contributed by atoms with E-state index in [1.54, 1.807) is 24.1 Å². The van der Waals surface area contributed by atoms with E-state index >= 15 is 0 Å². The highest BCUT2D eigenvalue weighted by atomic mass is 35.5. The van der Waals surface area contributed by atoms with Crippen molar-refractivity contribution in [2.75, 3.05) is 13.7 Å². The lowest BCUT2D eigenvalue weighted by atomic mass is 9.99. The predicted octanol–water partition coefficient (Wildman–Crippen LogP) is 3.86. The molecule has 0 aliphatic rings. The van der Waals surface area contributed by atoms with Crippen LogP contribution in [0.5, 0.6) is 5.75 Å². The number of nitrogens with zero attached hydrogens (tertiary/aromatic N) is 2. The molecule has 1 aromatic heterocycles. The first-order chi connectivity index (χ1) is 13.5. The van der Waals surface area contributed by atoms with Gasteiger partial charge in [0.05, 0.1) is 12.8 Å². The molecule has 3 N–H and O–H groups in total. The van der Waals surface area contributed by atoms with E-state index in [-0.39, 0.29) is 24.4 Å². The van der Waals surface area contributed by atoms with E-state index < -0.39 is 0 Å². The van der Waals surface area contributed by atoms with Crippen molar-refractivity contribution in [3.8, 4) is 11.4 Å². The summed E-state index contributed by atoms with van der Waals surface area (Å²) in [6.07, 6.45) is 1.75. The molecule has 3 rings (SSSR count). The molecule has 0 spiro atoms. The van der Waals surface area contributed by atoms with Gasteiger partial charge in [0, 0.05) is 18.8 Å². The zero-order valence-corrected chi connectivity index (χ0v) is 17.6. The summed E-state index contributed by atoms with van der Waals surface area (Å²) < 4.78 is 6.80. The van der Waals surface area contributed by atoms with Crippen LogP contribution >= 0.6 is 12.4 Å². The summed E-state index contributed by atoms with van der Waals surface area (Å²) >= 11 is 0. The first-order valence-corrected chi connectivity index (χ1v) is 9.31. The van der Waals surface area contributed by atoms with Crippen LogP contribution in [-0.4, -0.2) is 29.3 Å². The van der Waals surface area contributed by atoms with Gasteiger partial charge in [0.25, 0.3) is 5.91 Å². The molecule has 1 unspecified atom stereocenters. The summed E-state index contributed by atoms with van der Waals surface area (Å²) in [5, 5.41) is 7.20. The van der Waals surface area contributed by atoms with Crippen molar-refractivity contribution in [1.82, 2.24) is 15.1 Å². The van der Waals surface area contributed by atoms with Gasteiger partial charge in [-0.1, -0.05) is 38.1 Å². The van der Waals surface area contributed by atoms with E-state index in [4.69, 9.17) is 10.5 Å². The van der Waals surface area contributed by atoms with Crippen LogP contribution in [0.25, 0.3) is 5.69 Å². The van der Waals surface area contributed by atoms with Crippen LogP contribution < -0.4 is 15.8 Å². The summed E-state index contributed by atoms with van der Waals surface area (Å²) in [5.41, 5.74) is 9.67. The zero-order valence-electron chi connectivity index (χ0n) is 16.8. The standard InChI is InChI=1S/C22H26N4O2.ClH/c1-15(2)16-4-6-17(7-5-16)20(23)14-24-22(27)21-12-13-26(25-21)18-8-10-19(28-3)11-9-18;/h4-13,15,20H,14,23H2,1-3H3,(H,24,27);1H. The molecule has 0 aliphatic heterocycles. The number of carbonyl (C=O) groups is 1. The van der Waals surface area contributed by atoms with Crippen molar-refractivity contribution < 1.29 is 9.53 Å². The van der Waals surface area contributed by atoms with Crippen molar-refractivity contribution in [2.24, 2.45) is 5.73 Å². The van der Waals surface area contributed by atoms with Crippen molar-refractivity contribution in [2.45, 2.75) is 25.8 Å². The number of rotatable bonds is 7. The van der Waals surface area contributed by atoms with Gasteiger partial charge in [-0.25, -0.2) is 4.68 Å². The first-order valence-electron chi connectivity index (χ1n) is 9.31. The Labute approximate surface area is 177 Å². The Morgan fingerprint density at radius 1 is 1.07 bits per heavy atom. The van der Waals surface area contributed by atoms with Crippen LogP contribution in [-0.2, 0) is 0 Å². The smallest absolute Gasteiger partial charge is 0.271 e. The monoisotopic (exact) mass is 414 g/mol. The minimum atomic E-state index is -0.270. The van der Waals surface area contributed by atoms with Crippen molar-refractivity contribution >= 4 is 18.3 Å². The molecule has 1 atom stereocenters. The Bertz CT molecular complexity index is 921. The molecule has 154 valence electrons. The summed E-state index contributed by atoms with van der Waals surface area (Å²) in [6.45, 7) is 4.65. The maximum Gasteiger partial charge on any atom is 0.271 e. The Morgan fingerprint density at radius 2 is 1.69 bits per heavy atom. The number of halogens is 1. The van der Waals surface area contributed by atoms with Gasteiger partial charge in [0.1, 0.15) is 5.75 Å². The highest BCUT2D eigenvalue weighted by Gasteiger charge is 2.13. The largest absolute Gasteiger partial charge is 0.497 e. The van der Waals surface area contributed by atoms with E-state index in [9.17, 15) is 4.79 Å². The Balaban J connectivity index is 0.00000300. The fraction of sp³-hybridized carbons (Fsp3) is 0.273. The van der Waals surface area contributed by atoms with E-state index in [2.05, 4.69) is 36.4 Å². The lowest BCUT2D eigenvalue weighted by Gasteiger charge is -2.14. The number of aromatic nitrogens is 2. The molecule has 2 aromatic carbocycles. The van der Waals surface area contributed by atoms with Gasteiger partial charge >= 0.3 is 0 Å². The fourth-order valence-corrected chi connectivity index (χ4v) is 2.86. The molecule has 0 fully saturated rings.